The normalized spacial score (nSPS) is 11.8. The van der Waals surface area contributed by atoms with Crippen LogP contribution in [0.3, 0.4) is 0 Å². The molecule has 0 aliphatic rings. The minimum atomic E-state index is -0.865. The maximum atomic E-state index is 13.3. The van der Waals surface area contributed by atoms with Crippen LogP contribution in [-0.2, 0) is 9.59 Å². The number of fused-ring (bicyclic) bond motifs is 1. The highest BCUT2D eigenvalue weighted by atomic mass is 16.2. The van der Waals surface area contributed by atoms with E-state index in [1.165, 1.54) is 6.92 Å². The second kappa shape index (κ2) is 11.4. The molecular weight excluding hydrogens is 488 g/mol. The Kier molecular flexibility index (Phi) is 7.41. The van der Waals surface area contributed by atoms with E-state index in [2.05, 4.69) is 20.8 Å². The molecule has 0 fully saturated rings. The number of ketones is 1. The molecule has 5 rings (SSSR count). The fourth-order valence-corrected chi connectivity index (χ4v) is 4.32. The summed E-state index contributed by atoms with van der Waals surface area (Å²) >= 11 is 0. The van der Waals surface area contributed by atoms with Crippen molar-refractivity contribution in [1.82, 2.24) is 15.5 Å². The van der Waals surface area contributed by atoms with Crippen molar-refractivity contribution in [2.24, 2.45) is 0 Å². The molecule has 1 aromatic heterocycles. The molecule has 0 saturated carbocycles. The molecule has 3 N–H and O–H groups in total. The molecule has 1 heterocycles. The Labute approximate surface area is 225 Å². The van der Waals surface area contributed by atoms with Crippen LogP contribution in [0.2, 0.25) is 0 Å². The Morgan fingerprint density at radius 1 is 0.795 bits per heavy atom. The predicted octanol–water partition coefficient (Wildman–Crippen LogP) is 5.78. The minimum Gasteiger partial charge on any atom is -0.341 e. The van der Waals surface area contributed by atoms with Gasteiger partial charge < -0.3 is 10.6 Å². The van der Waals surface area contributed by atoms with E-state index in [4.69, 9.17) is 0 Å². The summed E-state index contributed by atoms with van der Waals surface area (Å²) in [4.78, 5) is 38.1. The highest BCUT2D eigenvalue weighted by Gasteiger charge is 2.22. The average Bonchev–Trinajstić information content (AvgIpc) is 3.37. The molecule has 0 bridgehead atoms. The van der Waals surface area contributed by atoms with Crippen molar-refractivity contribution in [2.45, 2.75) is 13.0 Å². The number of anilines is 1. The van der Waals surface area contributed by atoms with Crippen LogP contribution in [0.5, 0.6) is 0 Å². The zero-order chi connectivity index (χ0) is 27.2. The van der Waals surface area contributed by atoms with Crippen molar-refractivity contribution in [1.29, 1.82) is 0 Å². The van der Waals surface area contributed by atoms with Gasteiger partial charge in [-0.15, -0.1) is 0 Å². The van der Waals surface area contributed by atoms with Crippen LogP contribution in [0.25, 0.3) is 23.1 Å². The van der Waals surface area contributed by atoms with Gasteiger partial charge in [-0.25, -0.2) is 0 Å². The maximum Gasteiger partial charge on any atom is 0.251 e. The van der Waals surface area contributed by atoms with Gasteiger partial charge in [0.05, 0.1) is 11.2 Å². The number of H-pyrrole nitrogens is 1. The van der Waals surface area contributed by atoms with Crippen LogP contribution in [0.1, 0.15) is 45.7 Å². The number of amides is 2. The van der Waals surface area contributed by atoms with E-state index < -0.39 is 11.9 Å². The van der Waals surface area contributed by atoms with E-state index in [1.54, 1.807) is 60.7 Å². The summed E-state index contributed by atoms with van der Waals surface area (Å²) < 4.78 is 0. The molecule has 0 radical (unpaired) electrons. The first-order valence-corrected chi connectivity index (χ1v) is 12.5. The second-order valence-corrected chi connectivity index (χ2v) is 9.06. The molecule has 0 aliphatic carbocycles. The Morgan fingerprint density at radius 3 is 2.26 bits per heavy atom. The molecule has 7 heteroatoms. The van der Waals surface area contributed by atoms with E-state index in [0.717, 1.165) is 22.2 Å². The first-order chi connectivity index (χ1) is 19.0. The van der Waals surface area contributed by atoms with Gasteiger partial charge in [0.1, 0.15) is 6.04 Å². The van der Waals surface area contributed by atoms with E-state index in [-0.39, 0.29) is 11.7 Å². The van der Waals surface area contributed by atoms with Crippen molar-refractivity contribution >= 4 is 46.3 Å². The quantitative estimate of drug-likeness (QED) is 0.228. The van der Waals surface area contributed by atoms with Crippen molar-refractivity contribution in [3.8, 4) is 0 Å². The molecule has 0 aliphatic heterocycles. The van der Waals surface area contributed by atoms with Crippen molar-refractivity contribution in [2.75, 3.05) is 5.32 Å². The van der Waals surface area contributed by atoms with Crippen LogP contribution >= 0.6 is 0 Å². The Balaban J connectivity index is 1.34. The number of rotatable bonds is 8. The number of aromatic amines is 1. The molecular formula is C32H26N4O3. The van der Waals surface area contributed by atoms with E-state index >= 15 is 0 Å². The molecule has 1 unspecified atom stereocenters. The number of benzene rings is 4. The lowest BCUT2D eigenvalue weighted by Gasteiger charge is -2.18. The molecule has 39 heavy (non-hydrogen) atoms. The van der Waals surface area contributed by atoms with Gasteiger partial charge in [0.2, 0.25) is 5.91 Å². The van der Waals surface area contributed by atoms with Crippen molar-refractivity contribution in [3.05, 3.63) is 131 Å². The second-order valence-electron chi connectivity index (χ2n) is 9.06. The molecule has 1 atom stereocenters. The molecule has 2 amide bonds. The van der Waals surface area contributed by atoms with E-state index in [9.17, 15) is 14.4 Å². The summed E-state index contributed by atoms with van der Waals surface area (Å²) in [6.07, 6.45) is 3.92. The van der Waals surface area contributed by atoms with Gasteiger partial charge >= 0.3 is 0 Å². The molecule has 4 aromatic carbocycles. The maximum absolute atomic E-state index is 13.3. The third-order valence-electron chi connectivity index (χ3n) is 6.22. The van der Waals surface area contributed by atoms with E-state index in [0.29, 0.717) is 22.4 Å². The third-order valence-corrected chi connectivity index (χ3v) is 6.22. The summed E-state index contributed by atoms with van der Waals surface area (Å²) in [5.41, 5.74) is 4.62. The first-order valence-electron chi connectivity index (χ1n) is 12.5. The number of carbonyl (C=O) groups is 3. The lowest BCUT2D eigenvalue weighted by molar-refractivity contribution is -0.125. The van der Waals surface area contributed by atoms with Gasteiger partial charge in [0.25, 0.3) is 5.91 Å². The predicted molar refractivity (Wildman–Crippen MR) is 153 cm³/mol. The highest BCUT2D eigenvalue weighted by molar-refractivity contribution is 6.11. The number of nitrogens with one attached hydrogen (secondary N) is 3. The number of carbonyl (C=O) groups excluding carboxylic acids is 3. The van der Waals surface area contributed by atoms with Gasteiger partial charge in [-0.1, -0.05) is 84.9 Å². The van der Waals surface area contributed by atoms with Gasteiger partial charge in [0.15, 0.2) is 5.78 Å². The first kappa shape index (κ1) is 25.4. The fraction of sp³-hybridized carbons (Fsp3) is 0.0625. The lowest BCUT2D eigenvalue weighted by atomic mass is 10.0. The standard InChI is InChI=1S/C32H26N4O3/c1-21(37)33-30(23-11-6-3-7-12-23)32(39)34-26-14-8-13-24(19-26)31(38)25-16-17-27-28(35-36-29(27)20-25)18-15-22-9-4-2-5-10-22/h2-20,30H,1H3,(H,33,37)(H,34,39)(H,35,36)/b18-15+. The molecule has 0 spiro atoms. The van der Waals surface area contributed by atoms with E-state index in [1.807, 2.05) is 54.6 Å². The molecule has 192 valence electrons. The van der Waals surface area contributed by atoms with Crippen molar-refractivity contribution in [3.63, 3.8) is 0 Å². The zero-order valence-electron chi connectivity index (χ0n) is 21.2. The van der Waals surface area contributed by atoms with Gasteiger partial charge in [-0.3, -0.25) is 19.5 Å². The van der Waals surface area contributed by atoms with Crippen LogP contribution in [0.15, 0.2) is 103 Å². The Morgan fingerprint density at radius 2 is 1.51 bits per heavy atom. The summed E-state index contributed by atoms with van der Waals surface area (Å²) in [6.45, 7) is 1.36. The van der Waals surface area contributed by atoms with Crippen LogP contribution < -0.4 is 10.6 Å². The average molecular weight is 515 g/mol. The minimum absolute atomic E-state index is 0.189. The Bertz CT molecular complexity index is 1670. The summed E-state index contributed by atoms with van der Waals surface area (Å²) in [5.74, 6) is -0.919. The smallest absolute Gasteiger partial charge is 0.251 e. The van der Waals surface area contributed by atoms with Gasteiger partial charge in [-0.05, 0) is 41.5 Å². The summed E-state index contributed by atoms with van der Waals surface area (Å²) in [6, 6.07) is 30.2. The largest absolute Gasteiger partial charge is 0.341 e. The van der Waals surface area contributed by atoms with Crippen molar-refractivity contribution < 1.29 is 14.4 Å². The van der Waals surface area contributed by atoms with Gasteiger partial charge in [0, 0.05) is 29.1 Å². The van der Waals surface area contributed by atoms with Gasteiger partial charge in [-0.2, -0.15) is 5.10 Å². The summed E-state index contributed by atoms with van der Waals surface area (Å²) in [5, 5.41) is 13.8. The monoisotopic (exact) mass is 514 g/mol. The molecule has 5 aromatic rings. The number of aromatic nitrogens is 2. The number of hydrogen-bond donors (Lipinski definition) is 3. The third kappa shape index (κ3) is 5.99. The fourth-order valence-electron chi connectivity index (χ4n) is 4.32. The molecule has 7 nitrogen and oxygen atoms in total. The van der Waals surface area contributed by atoms with Crippen LogP contribution in [0, 0.1) is 0 Å². The Hall–Kier alpha value is -5.30. The van der Waals surface area contributed by atoms with Crippen LogP contribution in [-0.4, -0.2) is 27.8 Å². The number of hydrogen-bond acceptors (Lipinski definition) is 4. The molecule has 0 saturated heterocycles. The number of nitrogens with zero attached hydrogens (tertiary/aromatic N) is 1. The highest BCUT2D eigenvalue weighted by Crippen LogP contribution is 2.23. The zero-order valence-corrected chi connectivity index (χ0v) is 21.2. The van der Waals surface area contributed by atoms with Crippen LogP contribution in [0.4, 0.5) is 5.69 Å². The lowest BCUT2D eigenvalue weighted by Crippen LogP contribution is -2.35. The summed E-state index contributed by atoms with van der Waals surface area (Å²) in [7, 11) is 0. The SMILES string of the molecule is CC(=O)NC(C(=O)Nc1cccc(C(=O)c2ccc3c(/C=C/c4ccccc4)n[nH]c3c2)c1)c1ccccc1. The topological polar surface area (TPSA) is 104 Å².